The number of benzene rings is 4. The Hall–Kier alpha value is -4.73. The number of hydrogen-bond acceptors (Lipinski definition) is 5. The molecule has 0 spiro atoms. The van der Waals surface area contributed by atoms with Gasteiger partial charge < -0.3 is 14.8 Å². The van der Waals surface area contributed by atoms with E-state index in [9.17, 15) is 23.1 Å². The number of furan rings is 1. The van der Waals surface area contributed by atoms with Crippen LogP contribution in [0, 0.1) is 0 Å². The van der Waals surface area contributed by atoms with Crippen LogP contribution in [-0.4, -0.2) is 31.4 Å². The van der Waals surface area contributed by atoms with Crippen molar-refractivity contribution in [3.05, 3.63) is 121 Å². The minimum Gasteiger partial charge on any atom is -0.480 e. The number of rotatable bonds is 9. The lowest BCUT2D eigenvalue weighted by molar-refractivity contribution is -0.139. The van der Waals surface area contributed by atoms with Crippen molar-refractivity contribution < 1.29 is 27.5 Å². The standard InChI is InChI=1S/C31H26N2O6S/c1-20(21-7-3-2-4-8-21)29(31(35)36)33-40(37,38)26-17-13-23(14-18-26)22-11-15-25(16-12-22)32-30(34)28-19-24-9-5-6-10-27(24)39-28/h2-20,29,33H,1H3,(H,32,34)(H,35,36). The van der Waals surface area contributed by atoms with E-state index in [0.29, 0.717) is 16.8 Å². The number of nitrogens with one attached hydrogen (secondary N) is 2. The van der Waals surface area contributed by atoms with Gasteiger partial charge >= 0.3 is 5.97 Å². The molecule has 0 saturated carbocycles. The molecule has 8 nitrogen and oxygen atoms in total. The number of sulfonamides is 1. The smallest absolute Gasteiger partial charge is 0.322 e. The maximum atomic E-state index is 13.0. The number of carboxylic acids is 1. The minimum atomic E-state index is -4.10. The van der Waals surface area contributed by atoms with E-state index in [1.807, 2.05) is 24.3 Å². The molecule has 9 heteroatoms. The Morgan fingerprint density at radius 1 is 0.800 bits per heavy atom. The summed E-state index contributed by atoms with van der Waals surface area (Å²) in [4.78, 5) is 24.5. The third-order valence-corrected chi connectivity index (χ3v) is 8.12. The zero-order valence-electron chi connectivity index (χ0n) is 21.4. The molecule has 0 fully saturated rings. The summed E-state index contributed by atoms with van der Waals surface area (Å²) >= 11 is 0. The zero-order valence-corrected chi connectivity index (χ0v) is 22.3. The number of aliphatic carboxylic acids is 1. The number of carbonyl (C=O) groups is 2. The van der Waals surface area contributed by atoms with Crippen LogP contribution in [0.25, 0.3) is 22.1 Å². The molecule has 202 valence electrons. The molecule has 0 aliphatic rings. The predicted octanol–water partition coefficient (Wildman–Crippen LogP) is 5.89. The number of amides is 1. The van der Waals surface area contributed by atoms with E-state index in [4.69, 9.17) is 4.42 Å². The van der Waals surface area contributed by atoms with E-state index in [-0.39, 0.29) is 16.6 Å². The number of carbonyl (C=O) groups excluding carboxylic acids is 1. The molecular weight excluding hydrogens is 528 g/mol. The van der Waals surface area contributed by atoms with E-state index in [1.54, 1.807) is 79.7 Å². The highest BCUT2D eigenvalue weighted by Crippen LogP contribution is 2.26. The Kier molecular flexibility index (Phi) is 7.50. The topological polar surface area (TPSA) is 126 Å². The first-order valence-electron chi connectivity index (χ1n) is 12.5. The highest BCUT2D eigenvalue weighted by Gasteiger charge is 2.31. The molecule has 2 atom stereocenters. The van der Waals surface area contributed by atoms with Crippen molar-refractivity contribution >= 4 is 38.6 Å². The van der Waals surface area contributed by atoms with Gasteiger partial charge in [-0.1, -0.05) is 79.7 Å². The molecule has 2 unspecified atom stereocenters. The van der Waals surface area contributed by atoms with Crippen LogP contribution in [0.15, 0.2) is 119 Å². The van der Waals surface area contributed by atoms with Crippen molar-refractivity contribution in [2.75, 3.05) is 5.32 Å². The molecular formula is C31H26N2O6S. The Morgan fingerprint density at radius 3 is 2.02 bits per heavy atom. The highest BCUT2D eigenvalue weighted by atomic mass is 32.2. The summed E-state index contributed by atoms with van der Waals surface area (Å²) in [6, 6.07) is 29.9. The van der Waals surface area contributed by atoms with Crippen LogP contribution >= 0.6 is 0 Å². The van der Waals surface area contributed by atoms with Crippen molar-refractivity contribution in [3.8, 4) is 11.1 Å². The lowest BCUT2D eigenvalue weighted by Gasteiger charge is -2.22. The summed E-state index contributed by atoms with van der Waals surface area (Å²) in [5.41, 5.74) is 3.48. The molecule has 4 aromatic carbocycles. The molecule has 0 aliphatic carbocycles. The van der Waals surface area contributed by atoms with Gasteiger partial charge in [-0.15, -0.1) is 0 Å². The van der Waals surface area contributed by atoms with Crippen LogP contribution in [0.1, 0.15) is 29.0 Å². The van der Waals surface area contributed by atoms with Gasteiger partial charge in [-0.3, -0.25) is 9.59 Å². The number of fused-ring (bicyclic) bond motifs is 1. The van der Waals surface area contributed by atoms with Crippen LogP contribution in [0.2, 0.25) is 0 Å². The minimum absolute atomic E-state index is 0.0440. The first-order valence-corrected chi connectivity index (χ1v) is 14.0. The summed E-state index contributed by atoms with van der Waals surface area (Å²) in [5.74, 6) is -2.01. The maximum Gasteiger partial charge on any atom is 0.322 e. The summed E-state index contributed by atoms with van der Waals surface area (Å²) in [6.45, 7) is 1.67. The van der Waals surface area contributed by atoms with Gasteiger partial charge in [-0.25, -0.2) is 8.42 Å². The molecule has 3 N–H and O–H groups in total. The van der Waals surface area contributed by atoms with Crippen molar-refractivity contribution in [2.45, 2.75) is 23.8 Å². The quantitative estimate of drug-likeness (QED) is 0.209. The van der Waals surface area contributed by atoms with Crippen molar-refractivity contribution in [1.29, 1.82) is 0 Å². The first kappa shape index (κ1) is 26.9. The second-order valence-electron chi connectivity index (χ2n) is 9.34. The normalized spacial score (nSPS) is 13.0. The summed E-state index contributed by atoms with van der Waals surface area (Å²) < 4.78 is 34.0. The summed E-state index contributed by atoms with van der Waals surface area (Å²) in [6.07, 6.45) is 0. The maximum absolute atomic E-state index is 13.0. The van der Waals surface area contributed by atoms with Gasteiger partial charge in [0.1, 0.15) is 11.6 Å². The van der Waals surface area contributed by atoms with E-state index in [2.05, 4.69) is 10.0 Å². The fourth-order valence-corrected chi connectivity index (χ4v) is 5.68. The van der Waals surface area contributed by atoms with Gasteiger partial charge in [0.05, 0.1) is 4.90 Å². The second-order valence-corrected chi connectivity index (χ2v) is 11.1. The van der Waals surface area contributed by atoms with Gasteiger partial charge in [0.2, 0.25) is 10.0 Å². The second kappa shape index (κ2) is 11.2. The molecule has 1 amide bonds. The van der Waals surface area contributed by atoms with Crippen LogP contribution in [-0.2, 0) is 14.8 Å². The third-order valence-electron chi connectivity index (χ3n) is 6.66. The Labute approximate surface area is 231 Å². The van der Waals surface area contributed by atoms with Gasteiger partial charge in [-0.05, 0) is 53.1 Å². The fraction of sp³-hybridized carbons (Fsp3) is 0.0968. The number of anilines is 1. The van der Waals surface area contributed by atoms with Crippen LogP contribution in [0.5, 0.6) is 0 Å². The number of hydrogen-bond donors (Lipinski definition) is 3. The van der Waals surface area contributed by atoms with Crippen LogP contribution < -0.4 is 10.0 Å². The van der Waals surface area contributed by atoms with Crippen molar-refractivity contribution in [1.82, 2.24) is 4.72 Å². The third kappa shape index (κ3) is 5.80. The largest absolute Gasteiger partial charge is 0.480 e. The fourth-order valence-electron chi connectivity index (χ4n) is 4.41. The van der Waals surface area contributed by atoms with Gasteiger partial charge in [-0.2, -0.15) is 4.72 Å². The molecule has 1 heterocycles. The van der Waals surface area contributed by atoms with Gasteiger partial charge in [0, 0.05) is 17.0 Å². The predicted molar refractivity (Wildman–Crippen MR) is 153 cm³/mol. The number of carboxylic acid groups (broad SMARTS) is 1. The van der Waals surface area contributed by atoms with E-state index >= 15 is 0 Å². The average Bonchev–Trinajstić information content (AvgIpc) is 3.41. The SMILES string of the molecule is CC(c1ccccc1)C(NS(=O)(=O)c1ccc(-c2ccc(NC(=O)c3cc4ccccc4o3)cc2)cc1)C(=O)O. The van der Waals surface area contributed by atoms with E-state index in [0.717, 1.165) is 16.5 Å². The van der Waals surface area contributed by atoms with Gasteiger partial charge in [0.15, 0.2) is 5.76 Å². The molecule has 5 rings (SSSR count). The highest BCUT2D eigenvalue weighted by molar-refractivity contribution is 7.89. The van der Waals surface area contributed by atoms with Gasteiger partial charge in [0.25, 0.3) is 5.91 Å². The molecule has 0 bridgehead atoms. The molecule has 1 aromatic heterocycles. The molecule has 0 radical (unpaired) electrons. The molecule has 5 aromatic rings. The van der Waals surface area contributed by atoms with Crippen LogP contribution in [0.3, 0.4) is 0 Å². The number of para-hydroxylation sites is 1. The zero-order chi connectivity index (χ0) is 28.3. The first-order chi connectivity index (χ1) is 19.2. The van der Waals surface area contributed by atoms with Crippen molar-refractivity contribution in [3.63, 3.8) is 0 Å². The lowest BCUT2D eigenvalue weighted by atomic mass is 9.94. The molecule has 40 heavy (non-hydrogen) atoms. The Bertz CT molecular complexity index is 1730. The summed E-state index contributed by atoms with van der Waals surface area (Å²) in [7, 11) is -4.10. The van der Waals surface area contributed by atoms with Crippen molar-refractivity contribution in [2.24, 2.45) is 0 Å². The average molecular weight is 555 g/mol. The van der Waals surface area contributed by atoms with E-state index in [1.165, 1.54) is 12.1 Å². The van der Waals surface area contributed by atoms with E-state index < -0.39 is 28.0 Å². The molecule has 0 aliphatic heterocycles. The Morgan fingerprint density at radius 2 is 1.40 bits per heavy atom. The van der Waals surface area contributed by atoms with Crippen LogP contribution in [0.4, 0.5) is 5.69 Å². The summed E-state index contributed by atoms with van der Waals surface area (Å²) in [5, 5.41) is 13.4. The Balaban J connectivity index is 1.27. The molecule has 0 saturated heterocycles. The monoisotopic (exact) mass is 554 g/mol. The lowest BCUT2D eigenvalue weighted by Crippen LogP contribution is -2.44.